The van der Waals surface area contributed by atoms with Crippen LogP contribution in [0.5, 0.6) is 0 Å². The van der Waals surface area contributed by atoms with Crippen LogP contribution in [-0.4, -0.2) is 64.5 Å². The number of hydrogen-bond donors (Lipinski definition) is 1. The van der Waals surface area contributed by atoms with E-state index >= 15 is 0 Å². The topological polar surface area (TPSA) is 64.3 Å². The molecule has 4 rings (SSSR count). The molecular formula is C20H25N5O2. The van der Waals surface area contributed by atoms with Gasteiger partial charge in [-0.1, -0.05) is 18.2 Å². The minimum absolute atomic E-state index is 0.140. The zero-order valence-electron chi connectivity index (χ0n) is 15.8. The summed E-state index contributed by atoms with van der Waals surface area (Å²) in [6.07, 6.45) is 2.09. The van der Waals surface area contributed by atoms with Gasteiger partial charge in [0.05, 0.1) is 18.7 Å². The van der Waals surface area contributed by atoms with Crippen LogP contribution in [0, 0.1) is 6.92 Å². The molecule has 0 unspecified atom stereocenters. The van der Waals surface area contributed by atoms with Gasteiger partial charge in [-0.3, -0.25) is 14.4 Å². The van der Waals surface area contributed by atoms with Crippen molar-refractivity contribution in [2.24, 2.45) is 7.05 Å². The number of amides is 1. The van der Waals surface area contributed by atoms with Gasteiger partial charge >= 0.3 is 0 Å². The molecule has 1 fully saturated rings. The Balaban J connectivity index is 1.48. The molecule has 0 spiro atoms. The molecule has 142 valence electrons. The van der Waals surface area contributed by atoms with Crippen LogP contribution in [0.25, 0.3) is 16.7 Å². The number of carbonyl (C=O) groups excluding carboxylic acids is 1. The van der Waals surface area contributed by atoms with Gasteiger partial charge in [-0.15, -0.1) is 0 Å². The van der Waals surface area contributed by atoms with E-state index in [2.05, 4.69) is 45.1 Å². The lowest BCUT2D eigenvalue weighted by molar-refractivity contribution is 0.0383. The molecule has 1 N–H and O–H groups in total. The average Bonchev–Trinajstić information content (AvgIpc) is 3.23. The molecule has 7 heteroatoms. The number of fused-ring (bicyclic) bond motifs is 1. The van der Waals surface area contributed by atoms with Crippen molar-refractivity contribution in [1.29, 1.82) is 0 Å². The highest BCUT2D eigenvalue weighted by atomic mass is 16.5. The van der Waals surface area contributed by atoms with Gasteiger partial charge in [-0.25, -0.2) is 0 Å². The van der Waals surface area contributed by atoms with E-state index in [1.165, 1.54) is 10.9 Å². The molecule has 1 aromatic carbocycles. The van der Waals surface area contributed by atoms with Gasteiger partial charge in [0.2, 0.25) is 0 Å². The first-order valence-electron chi connectivity index (χ1n) is 9.33. The largest absolute Gasteiger partial charge is 0.379 e. The zero-order valence-corrected chi connectivity index (χ0v) is 15.8. The Bertz CT molecular complexity index is 953. The van der Waals surface area contributed by atoms with Crippen molar-refractivity contribution in [3.8, 4) is 5.82 Å². The molecular weight excluding hydrogens is 342 g/mol. The lowest BCUT2D eigenvalue weighted by Gasteiger charge is -2.26. The van der Waals surface area contributed by atoms with E-state index in [0.29, 0.717) is 12.2 Å². The minimum atomic E-state index is -0.140. The quantitative estimate of drug-likeness (QED) is 0.746. The van der Waals surface area contributed by atoms with Gasteiger partial charge in [0.25, 0.3) is 5.91 Å². The summed E-state index contributed by atoms with van der Waals surface area (Å²) in [7, 11) is 1.87. The van der Waals surface area contributed by atoms with Crippen molar-refractivity contribution < 1.29 is 9.53 Å². The van der Waals surface area contributed by atoms with Crippen LogP contribution in [0.4, 0.5) is 0 Å². The Kier molecular flexibility index (Phi) is 4.96. The fourth-order valence-corrected chi connectivity index (χ4v) is 3.58. The van der Waals surface area contributed by atoms with Crippen LogP contribution in [0.3, 0.4) is 0 Å². The molecule has 1 saturated heterocycles. The summed E-state index contributed by atoms with van der Waals surface area (Å²) in [5, 5.41) is 8.60. The maximum atomic E-state index is 12.5. The first kappa shape index (κ1) is 17.8. The number of rotatable bonds is 5. The number of nitrogens with zero attached hydrogens (tertiary/aromatic N) is 4. The maximum Gasteiger partial charge on any atom is 0.271 e. The number of aromatic nitrogens is 3. The summed E-state index contributed by atoms with van der Waals surface area (Å²) in [4.78, 5) is 14.8. The van der Waals surface area contributed by atoms with Crippen molar-refractivity contribution in [1.82, 2.24) is 24.6 Å². The van der Waals surface area contributed by atoms with Crippen LogP contribution >= 0.6 is 0 Å². The van der Waals surface area contributed by atoms with Gasteiger partial charge in [0, 0.05) is 50.9 Å². The lowest BCUT2D eigenvalue weighted by atomic mass is 10.2. The summed E-state index contributed by atoms with van der Waals surface area (Å²) in [5.41, 5.74) is 2.74. The van der Waals surface area contributed by atoms with E-state index < -0.39 is 0 Å². The molecule has 0 saturated carbocycles. The Hall–Kier alpha value is -2.64. The van der Waals surface area contributed by atoms with Gasteiger partial charge in [0.15, 0.2) is 5.69 Å². The zero-order chi connectivity index (χ0) is 18.8. The predicted molar refractivity (Wildman–Crippen MR) is 104 cm³/mol. The first-order valence-corrected chi connectivity index (χ1v) is 9.33. The fraction of sp³-hybridized carbons (Fsp3) is 0.400. The van der Waals surface area contributed by atoms with Crippen LogP contribution < -0.4 is 5.32 Å². The molecule has 27 heavy (non-hydrogen) atoms. The number of benzene rings is 1. The number of hydrogen-bond acceptors (Lipinski definition) is 4. The molecule has 0 radical (unpaired) electrons. The van der Waals surface area contributed by atoms with E-state index in [1.54, 1.807) is 4.68 Å². The Labute approximate surface area is 158 Å². The van der Waals surface area contributed by atoms with Crippen LogP contribution in [0.2, 0.25) is 0 Å². The second-order valence-corrected chi connectivity index (χ2v) is 6.92. The number of aryl methyl sites for hydroxylation is 2. The van der Waals surface area contributed by atoms with E-state index in [1.807, 2.05) is 25.2 Å². The van der Waals surface area contributed by atoms with Crippen molar-refractivity contribution in [2.45, 2.75) is 6.92 Å². The number of para-hydroxylation sites is 1. The van der Waals surface area contributed by atoms with Gasteiger partial charge in [0.1, 0.15) is 5.82 Å². The molecule has 3 heterocycles. The van der Waals surface area contributed by atoms with Crippen LogP contribution in [0.1, 0.15) is 16.1 Å². The number of nitrogens with one attached hydrogen (secondary N) is 1. The predicted octanol–water partition coefficient (Wildman–Crippen LogP) is 1.73. The van der Waals surface area contributed by atoms with Crippen LogP contribution in [-0.2, 0) is 11.8 Å². The Morgan fingerprint density at radius 3 is 2.85 bits per heavy atom. The van der Waals surface area contributed by atoms with Crippen LogP contribution in [0.15, 0.2) is 36.5 Å². The van der Waals surface area contributed by atoms with E-state index in [-0.39, 0.29) is 5.91 Å². The third-order valence-corrected chi connectivity index (χ3v) is 5.06. The summed E-state index contributed by atoms with van der Waals surface area (Å²) in [6.45, 7) is 6.90. The van der Waals surface area contributed by atoms with Gasteiger partial charge in [-0.2, -0.15) is 5.10 Å². The van der Waals surface area contributed by atoms with Crippen molar-refractivity contribution in [3.05, 3.63) is 47.8 Å². The highest BCUT2D eigenvalue weighted by Gasteiger charge is 2.16. The SMILES string of the molecule is Cc1cn(-c2cc(C(=O)NCCN3CCOCC3)nn2C)c2ccccc12. The molecule has 1 aliphatic heterocycles. The highest BCUT2D eigenvalue weighted by molar-refractivity contribution is 5.93. The third kappa shape index (κ3) is 3.61. The number of carbonyl (C=O) groups is 1. The molecule has 1 amide bonds. The minimum Gasteiger partial charge on any atom is -0.379 e. The lowest BCUT2D eigenvalue weighted by Crippen LogP contribution is -2.41. The van der Waals surface area contributed by atoms with E-state index in [9.17, 15) is 4.79 Å². The first-order chi connectivity index (χ1) is 13.1. The summed E-state index contributed by atoms with van der Waals surface area (Å²) in [6, 6.07) is 10.1. The smallest absolute Gasteiger partial charge is 0.271 e. The van der Waals surface area contributed by atoms with E-state index in [4.69, 9.17) is 4.74 Å². The molecule has 0 bridgehead atoms. The molecule has 0 atom stereocenters. The molecule has 1 aliphatic rings. The second kappa shape index (κ2) is 7.54. The summed E-state index contributed by atoms with van der Waals surface area (Å²) in [5.74, 6) is 0.732. The van der Waals surface area contributed by atoms with Gasteiger partial charge in [-0.05, 0) is 18.6 Å². The van der Waals surface area contributed by atoms with Crippen molar-refractivity contribution in [2.75, 3.05) is 39.4 Å². The monoisotopic (exact) mass is 367 g/mol. The third-order valence-electron chi connectivity index (χ3n) is 5.06. The molecule has 2 aromatic heterocycles. The Morgan fingerprint density at radius 1 is 1.26 bits per heavy atom. The molecule has 7 nitrogen and oxygen atoms in total. The van der Waals surface area contributed by atoms with E-state index in [0.717, 1.165) is 44.2 Å². The number of ether oxygens (including phenoxy) is 1. The molecule has 3 aromatic rings. The Morgan fingerprint density at radius 2 is 2.04 bits per heavy atom. The highest BCUT2D eigenvalue weighted by Crippen LogP contribution is 2.24. The second-order valence-electron chi connectivity index (χ2n) is 6.92. The van der Waals surface area contributed by atoms with Gasteiger partial charge < -0.3 is 14.6 Å². The fourth-order valence-electron chi connectivity index (χ4n) is 3.58. The van der Waals surface area contributed by atoms with Crippen molar-refractivity contribution >= 4 is 16.8 Å². The maximum absolute atomic E-state index is 12.5. The summed E-state index contributed by atoms with van der Waals surface area (Å²) >= 11 is 0. The molecule has 0 aliphatic carbocycles. The van der Waals surface area contributed by atoms with Crippen molar-refractivity contribution in [3.63, 3.8) is 0 Å². The standard InChI is InChI=1S/C20H25N5O2/c1-15-14-25(18-6-4-3-5-16(15)18)19-13-17(22-23(19)2)20(26)21-7-8-24-9-11-27-12-10-24/h3-6,13-14H,7-12H2,1-2H3,(H,21,26). The summed E-state index contributed by atoms with van der Waals surface area (Å²) < 4.78 is 9.18. The average molecular weight is 367 g/mol. The normalized spacial score (nSPS) is 15.3. The number of morpholine rings is 1.